The van der Waals surface area contributed by atoms with Crippen molar-refractivity contribution < 1.29 is 14.3 Å². The van der Waals surface area contributed by atoms with E-state index in [2.05, 4.69) is 66.5 Å². The number of carbonyl (C=O) groups excluding carboxylic acids is 1. The van der Waals surface area contributed by atoms with Gasteiger partial charge in [0.25, 0.3) is 0 Å². The molecule has 6 heteroatoms. The molecular weight excluding hydrogens is 402 g/mol. The number of ether oxygens (including phenoxy) is 2. The fraction of sp³-hybridized carbons (Fsp3) is 0.462. The SMILES string of the molecule is COC(=O)C(C)(C)COc1ccc2cc(C(C(C)N(C)C(C)C)n3ccnc3)ccc2c1. The van der Waals surface area contributed by atoms with Crippen LogP contribution in [-0.2, 0) is 9.53 Å². The summed E-state index contributed by atoms with van der Waals surface area (Å²) in [5.74, 6) is 0.454. The predicted octanol–water partition coefficient (Wildman–Crippen LogP) is 4.93. The largest absolute Gasteiger partial charge is 0.492 e. The molecule has 3 aromatic rings. The second-order valence-corrected chi connectivity index (χ2v) is 9.39. The van der Waals surface area contributed by atoms with E-state index < -0.39 is 5.41 Å². The third kappa shape index (κ3) is 5.13. The Labute approximate surface area is 191 Å². The molecule has 0 aliphatic rings. The van der Waals surface area contributed by atoms with E-state index in [1.807, 2.05) is 44.7 Å². The first-order chi connectivity index (χ1) is 15.1. The van der Waals surface area contributed by atoms with Crippen molar-refractivity contribution in [1.82, 2.24) is 14.5 Å². The number of hydrogen-bond acceptors (Lipinski definition) is 5. The zero-order valence-corrected chi connectivity index (χ0v) is 20.2. The van der Waals surface area contributed by atoms with Gasteiger partial charge in [-0.2, -0.15) is 0 Å². The van der Waals surface area contributed by atoms with Gasteiger partial charge in [-0.3, -0.25) is 9.69 Å². The first kappa shape index (κ1) is 23.8. The molecule has 2 atom stereocenters. The second-order valence-electron chi connectivity index (χ2n) is 9.39. The summed E-state index contributed by atoms with van der Waals surface area (Å²) >= 11 is 0. The lowest BCUT2D eigenvalue weighted by atomic mass is 9.95. The van der Waals surface area contributed by atoms with Gasteiger partial charge >= 0.3 is 5.97 Å². The van der Waals surface area contributed by atoms with Crippen LogP contribution >= 0.6 is 0 Å². The molecule has 3 rings (SSSR count). The lowest BCUT2D eigenvalue weighted by Crippen LogP contribution is -2.41. The number of aromatic nitrogens is 2. The van der Waals surface area contributed by atoms with Gasteiger partial charge < -0.3 is 14.0 Å². The normalized spacial score (nSPS) is 14.0. The maximum Gasteiger partial charge on any atom is 0.314 e. The number of methoxy groups -OCH3 is 1. The molecule has 2 unspecified atom stereocenters. The van der Waals surface area contributed by atoms with Gasteiger partial charge in [-0.1, -0.05) is 18.2 Å². The average Bonchev–Trinajstić information content (AvgIpc) is 3.30. The molecule has 0 bridgehead atoms. The Bertz CT molecular complexity index is 1040. The minimum atomic E-state index is -0.704. The van der Waals surface area contributed by atoms with E-state index in [4.69, 9.17) is 9.47 Å². The molecule has 0 aliphatic heterocycles. The molecule has 0 radical (unpaired) electrons. The molecule has 32 heavy (non-hydrogen) atoms. The third-order valence-corrected chi connectivity index (χ3v) is 6.27. The van der Waals surface area contributed by atoms with E-state index in [1.165, 1.54) is 12.7 Å². The van der Waals surface area contributed by atoms with Gasteiger partial charge in [0.15, 0.2) is 0 Å². The second kappa shape index (κ2) is 9.74. The van der Waals surface area contributed by atoms with Gasteiger partial charge in [0.05, 0.1) is 24.9 Å². The van der Waals surface area contributed by atoms with Crippen molar-refractivity contribution in [3.05, 3.63) is 60.7 Å². The summed E-state index contributed by atoms with van der Waals surface area (Å²) in [5.41, 5.74) is 0.528. The Morgan fingerprint density at radius 2 is 1.81 bits per heavy atom. The smallest absolute Gasteiger partial charge is 0.314 e. The van der Waals surface area contributed by atoms with Crippen LogP contribution in [0.25, 0.3) is 10.8 Å². The van der Waals surface area contributed by atoms with E-state index in [1.54, 1.807) is 0 Å². The fourth-order valence-electron chi connectivity index (χ4n) is 3.94. The number of nitrogens with zero attached hydrogens (tertiary/aromatic N) is 3. The maximum atomic E-state index is 11.9. The number of carbonyl (C=O) groups is 1. The highest BCUT2D eigenvalue weighted by atomic mass is 16.5. The van der Waals surface area contributed by atoms with Crippen molar-refractivity contribution in [2.45, 2.75) is 52.7 Å². The Hall–Kier alpha value is -2.86. The van der Waals surface area contributed by atoms with Crippen molar-refractivity contribution in [2.75, 3.05) is 20.8 Å². The number of rotatable bonds is 9. The molecule has 0 saturated heterocycles. The molecule has 0 aliphatic carbocycles. The molecular formula is C26H35N3O3. The van der Waals surface area contributed by atoms with Crippen LogP contribution < -0.4 is 4.74 Å². The number of esters is 1. The zero-order valence-electron chi connectivity index (χ0n) is 20.2. The van der Waals surface area contributed by atoms with Crippen LogP contribution in [0.5, 0.6) is 5.75 Å². The number of hydrogen-bond donors (Lipinski definition) is 0. The van der Waals surface area contributed by atoms with Crippen LogP contribution in [0.1, 0.15) is 46.2 Å². The van der Waals surface area contributed by atoms with Gasteiger partial charge in [-0.15, -0.1) is 0 Å². The quantitative estimate of drug-likeness (QED) is 0.444. The third-order valence-electron chi connectivity index (χ3n) is 6.27. The van der Waals surface area contributed by atoms with E-state index in [9.17, 15) is 4.79 Å². The van der Waals surface area contributed by atoms with Gasteiger partial charge in [0, 0.05) is 24.5 Å². The average molecular weight is 438 g/mol. The van der Waals surface area contributed by atoms with Crippen LogP contribution in [-0.4, -0.2) is 53.3 Å². The first-order valence-corrected chi connectivity index (χ1v) is 11.1. The van der Waals surface area contributed by atoms with Crippen LogP contribution in [0.2, 0.25) is 0 Å². The van der Waals surface area contributed by atoms with Crippen LogP contribution in [0.15, 0.2) is 55.1 Å². The van der Waals surface area contributed by atoms with E-state index in [0.29, 0.717) is 6.04 Å². The molecule has 2 aromatic carbocycles. The van der Waals surface area contributed by atoms with Gasteiger partial charge in [-0.05, 0) is 76.2 Å². The summed E-state index contributed by atoms with van der Waals surface area (Å²) < 4.78 is 13.0. The van der Waals surface area contributed by atoms with Crippen molar-refractivity contribution >= 4 is 16.7 Å². The van der Waals surface area contributed by atoms with Crippen molar-refractivity contribution in [1.29, 1.82) is 0 Å². The lowest BCUT2D eigenvalue weighted by molar-refractivity contribution is -0.152. The van der Waals surface area contributed by atoms with E-state index in [-0.39, 0.29) is 24.7 Å². The van der Waals surface area contributed by atoms with Crippen LogP contribution in [0, 0.1) is 5.41 Å². The minimum absolute atomic E-state index is 0.145. The summed E-state index contributed by atoms with van der Waals surface area (Å²) in [6.07, 6.45) is 5.74. The molecule has 6 nitrogen and oxygen atoms in total. The Morgan fingerprint density at radius 3 is 2.44 bits per heavy atom. The van der Waals surface area contributed by atoms with Crippen LogP contribution in [0.4, 0.5) is 0 Å². The fourth-order valence-corrected chi connectivity index (χ4v) is 3.94. The molecule has 1 heterocycles. The number of fused-ring (bicyclic) bond motifs is 1. The van der Waals surface area contributed by atoms with E-state index >= 15 is 0 Å². The molecule has 0 spiro atoms. The van der Waals surface area contributed by atoms with Crippen molar-refractivity contribution in [2.24, 2.45) is 5.41 Å². The highest BCUT2D eigenvalue weighted by molar-refractivity contribution is 5.84. The Balaban J connectivity index is 1.88. The van der Waals surface area contributed by atoms with Crippen molar-refractivity contribution in [3.8, 4) is 5.75 Å². The molecule has 1 aromatic heterocycles. The zero-order chi connectivity index (χ0) is 23.5. The number of imidazole rings is 1. The van der Waals surface area contributed by atoms with Gasteiger partial charge in [-0.25, -0.2) is 4.98 Å². The monoisotopic (exact) mass is 437 g/mol. The highest BCUT2D eigenvalue weighted by Gasteiger charge is 2.30. The van der Waals surface area contributed by atoms with Crippen LogP contribution in [0.3, 0.4) is 0 Å². The van der Waals surface area contributed by atoms with Crippen molar-refractivity contribution in [3.63, 3.8) is 0 Å². The van der Waals surface area contributed by atoms with Gasteiger partial charge in [0.1, 0.15) is 12.4 Å². The predicted molar refractivity (Wildman–Crippen MR) is 128 cm³/mol. The first-order valence-electron chi connectivity index (χ1n) is 11.1. The summed E-state index contributed by atoms with van der Waals surface area (Å²) in [7, 11) is 3.56. The molecule has 0 N–H and O–H groups in total. The van der Waals surface area contributed by atoms with E-state index in [0.717, 1.165) is 16.5 Å². The molecule has 172 valence electrons. The number of benzene rings is 2. The summed E-state index contributed by atoms with van der Waals surface area (Å²) in [4.78, 5) is 18.6. The lowest BCUT2D eigenvalue weighted by Gasteiger charge is -2.35. The summed E-state index contributed by atoms with van der Waals surface area (Å²) in [6, 6.07) is 13.5. The van der Waals surface area contributed by atoms with Gasteiger partial charge in [0.2, 0.25) is 0 Å². The molecule has 0 saturated carbocycles. The summed E-state index contributed by atoms with van der Waals surface area (Å²) in [6.45, 7) is 10.6. The summed E-state index contributed by atoms with van der Waals surface area (Å²) in [5, 5.41) is 2.24. The minimum Gasteiger partial charge on any atom is -0.492 e. The maximum absolute atomic E-state index is 11.9. The highest BCUT2D eigenvalue weighted by Crippen LogP contribution is 2.30. The Kier molecular flexibility index (Phi) is 7.24. The topological polar surface area (TPSA) is 56.6 Å². The standard InChI is InChI=1S/C26H35N3O3/c1-18(2)28(6)19(3)24(29-13-12-27-17-29)22-9-8-21-15-23(11-10-20(21)14-22)32-16-26(4,5)25(30)31-7/h8-15,17-19,24H,16H2,1-7H3. The molecule has 0 amide bonds. The molecule has 0 fully saturated rings. The Morgan fingerprint density at radius 1 is 1.12 bits per heavy atom. The number of likely N-dealkylation sites (N-methyl/N-ethyl adjacent to an activating group) is 1.